The maximum absolute atomic E-state index is 3.23. The third-order valence-corrected chi connectivity index (χ3v) is 4.85. The average Bonchev–Trinajstić information content (AvgIpc) is 3.11. The van der Waals surface area contributed by atoms with E-state index < -0.39 is 0 Å². The molecule has 2 unspecified atom stereocenters. The molecule has 0 amide bonds. The van der Waals surface area contributed by atoms with Crippen LogP contribution < -0.4 is 4.57 Å². The van der Waals surface area contributed by atoms with Crippen molar-refractivity contribution in [3.63, 3.8) is 0 Å². The Balaban J connectivity index is 2.09. The summed E-state index contributed by atoms with van der Waals surface area (Å²) in [5, 5.41) is 0. The van der Waals surface area contributed by atoms with Crippen LogP contribution in [0, 0.1) is 5.92 Å². The van der Waals surface area contributed by atoms with Crippen LogP contribution in [0.1, 0.15) is 70.4 Å². The van der Waals surface area contributed by atoms with Crippen LogP contribution in [0.4, 0.5) is 0 Å². The van der Waals surface area contributed by atoms with Crippen molar-refractivity contribution in [2.45, 2.75) is 71.3 Å². The summed E-state index contributed by atoms with van der Waals surface area (Å²) in [5.74, 6) is 0.718. The molecule has 0 aliphatic carbocycles. The second-order valence-corrected chi connectivity index (χ2v) is 6.71. The van der Waals surface area contributed by atoms with E-state index >= 15 is 0 Å². The highest BCUT2D eigenvalue weighted by Crippen LogP contribution is 2.27. The van der Waals surface area contributed by atoms with Crippen molar-refractivity contribution in [2.75, 3.05) is 0 Å². The van der Waals surface area contributed by atoms with Gasteiger partial charge in [0.05, 0.1) is 0 Å². The zero-order chi connectivity index (χ0) is 16.3. The van der Waals surface area contributed by atoms with Crippen molar-refractivity contribution in [1.82, 2.24) is 4.98 Å². The number of benzene rings is 1. The maximum atomic E-state index is 3.23. The van der Waals surface area contributed by atoms with Gasteiger partial charge in [0, 0.05) is 5.92 Å². The molecule has 0 radical (unpaired) electrons. The van der Waals surface area contributed by atoms with E-state index in [1.54, 1.807) is 0 Å². The van der Waals surface area contributed by atoms with Gasteiger partial charge in [-0.1, -0.05) is 76.3 Å². The van der Waals surface area contributed by atoms with E-state index in [0.29, 0.717) is 6.04 Å². The molecule has 2 heteroatoms. The van der Waals surface area contributed by atoms with Gasteiger partial charge in [-0.2, -0.15) is 0 Å². The lowest BCUT2D eigenvalue weighted by atomic mass is 9.85. The Morgan fingerprint density at radius 2 is 1.78 bits per heavy atom. The summed E-state index contributed by atoms with van der Waals surface area (Å²) in [5.41, 5.74) is 1.48. The van der Waals surface area contributed by atoms with Gasteiger partial charge in [-0.15, -0.1) is 0 Å². The van der Waals surface area contributed by atoms with Gasteiger partial charge in [0.1, 0.15) is 18.4 Å². The van der Waals surface area contributed by atoms with Gasteiger partial charge < -0.3 is 0 Å². The van der Waals surface area contributed by atoms with Gasteiger partial charge in [-0.25, -0.2) is 4.57 Å². The number of aromatic amines is 1. The van der Waals surface area contributed by atoms with Crippen molar-refractivity contribution in [3.05, 3.63) is 54.6 Å². The van der Waals surface area contributed by atoms with Gasteiger partial charge >= 0.3 is 0 Å². The highest BCUT2D eigenvalue weighted by Gasteiger charge is 2.26. The lowest BCUT2D eigenvalue weighted by Crippen LogP contribution is -2.42. The predicted molar refractivity (Wildman–Crippen MR) is 97.3 cm³/mol. The summed E-state index contributed by atoms with van der Waals surface area (Å²) in [6.45, 7) is 4.59. The highest BCUT2D eigenvalue weighted by molar-refractivity contribution is 5.15. The first-order valence-corrected chi connectivity index (χ1v) is 9.42. The van der Waals surface area contributed by atoms with Gasteiger partial charge in [-0.3, -0.25) is 4.98 Å². The van der Waals surface area contributed by atoms with Crippen LogP contribution in [0.15, 0.2) is 49.1 Å². The molecule has 0 aliphatic heterocycles. The molecule has 0 fully saturated rings. The predicted octanol–water partition coefficient (Wildman–Crippen LogP) is 5.47. The summed E-state index contributed by atoms with van der Waals surface area (Å²) in [6.07, 6.45) is 16.8. The van der Waals surface area contributed by atoms with Crippen LogP contribution in [0.3, 0.4) is 0 Å². The largest absolute Gasteiger partial charge is 0.250 e. The molecular weight excluding hydrogens is 280 g/mol. The Morgan fingerprint density at radius 1 is 0.957 bits per heavy atom. The number of aromatic nitrogens is 2. The SMILES string of the molecule is CCCCCCC(Cc1ccccc1)C(CCC)[n+]1cc[nH]c1. The zero-order valence-corrected chi connectivity index (χ0v) is 14.9. The van der Waals surface area contributed by atoms with Gasteiger partial charge in [-0.05, 0) is 24.8 Å². The Morgan fingerprint density at radius 3 is 2.43 bits per heavy atom. The molecule has 2 aromatic rings. The highest BCUT2D eigenvalue weighted by atomic mass is 15.1. The number of hydrogen-bond donors (Lipinski definition) is 1. The second-order valence-electron chi connectivity index (χ2n) is 6.71. The van der Waals surface area contributed by atoms with E-state index in [0.717, 1.165) is 5.92 Å². The number of unbranched alkanes of at least 4 members (excludes halogenated alkanes) is 3. The van der Waals surface area contributed by atoms with Crippen molar-refractivity contribution in [1.29, 1.82) is 0 Å². The molecule has 0 bridgehead atoms. The first-order chi connectivity index (χ1) is 11.3. The fourth-order valence-corrected chi connectivity index (χ4v) is 3.61. The first kappa shape index (κ1) is 17.8. The smallest absolute Gasteiger partial charge is 0.241 e. The number of rotatable bonds is 11. The zero-order valence-electron chi connectivity index (χ0n) is 14.9. The topological polar surface area (TPSA) is 19.7 Å². The van der Waals surface area contributed by atoms with Crippen LogP contribution in [0.5, 0.6) is 0 Å². The van der Waals surface area contributed by atoms with Crippen LogP contribution in [-0.4, -0.2) is 4.98 Å². The normalized spacial score (nSPS) is 13.8. The summed E-state index contributed by atoms with van der Waals surface area (Å²) in [4.78, 5) is 3.23. The molecule has 0 saturated heterocycles. The standard InChI is InChI=1S/C21H32N2/c1-3-5-6-10-14-20(17-19-12-8-7-9-13-19)21(11-4-2)23-16-15-22-18-23/h7-9,12-13,15-16,18,20-21H,3-6,10-11,14,17H2,1-2H3/p+1. The Labute approximate surface area is 142 Å². The maximum Gasteiger partial charge on any atom is 0.241 e. The summed E-state index contributed by atoms with van der Waals surface area (Å²) in [7, 11) is 0. The fraction of sp³-hybridized carbons (Fsp3) is 0.571. The van der Waals surface area contributed by atoms with Gasteiger partial charge in [0.2, 0.25) is 6.33 Å². The molecule has 2 atom stereocenters. The number of nitrogens with zero attached hydrogens (tertiary/aromatic N) is 1. The molecule has 1 aromatic carbocycles. The summed E-state index contributed by atoms with van der Waals surface area (Å²) >= 11 is 0. The third kappa shape index (κ3) is 5.85. The number of hydrogen-bond acceptors (Lipinski definition) is 0. The molecule has 23 heavy (non-hydrogen) atoms. The van der Waals surface area contributed by atoms with E-state index in [2.05, 4.69) is 66.3 Å². The minimum absolute atomic E-state index is 0.605. The van der Waals surface area contributed by atoms with Crippen molar-refractivity contribution in [3.8, 4) is 0 Å². The average molecular weight is 314 g/mol. The number of H-pyrrole nitrogens is 1. The number of nitrogens with one attached hydrogen (secondary N) is 1. The first-order valence-electron chi connectivity index (χ1n) is 9.42. The Kier molecular flexibility index (Phi) is 7.92. The Bertz CT molecular complexity index is 504. The van der Waals surface area contributed by atoms with E-state index in [1.165, 1.54) is 56.9 Å². The van der Waals surface area contributed by atoms with Crippen molar-refractivity contribution < 1.29 is 4.57 Å². The third-order valence-electron chi connectivity index (χ3n) is 4.85. The van der Waals surface area contributed by atoms with E-state index in [4.69, 9.17) is 0 Å². The van der Waals surface area contributed by atoms with E-state index in [9.17, 15) is 0 Å². The van der Waals surface area contributed by atoms with Gasteiger partial charge in [0.25, 0.3) is 0 Å². The van der Waals surface area contributed by atoms with Crippen molar-refractivity contribution >= 4 is 0 Å². The lowest BCUT2D eigenvalue weighted by molar-refractivity contribution is -0.730. The van der Waals surface area contributed by atoms with Crippen LogP contribution in [0.2, 0.25) is 0 Å². The van der Waals surface area contributed by atoms with Gasteiger partial charge in [0.15, 0.2) is 0 Å². The quantitative estimate of drug-likeness (QED) is 0.419. The minimum atomic E-state index is 0.605. The van der Waals surface area contributed by atoms with Crippen molar-refractivity contribution in [2.24, 2.45) is 5.92 Å². The fourth-order valence-electron chi connectivity index (χ4n) is 3.61. The molecule has 126 valence electrons. The monoisotopic (exact) mass is 313 g/mol. The van der Waals surface area contributed by atoms with Crippen LogP contribution in [-0.2, 0) is 6.42 Å². The second kappa shape index (κ2) is 10.3. The molecule has 1 aromatic heterocycles. The minimum Gasteiger partial charge on any atom is -0.250 e. The number of imidazole rings is 1. The Hall–Kier alpha value is -1.57. The molecule has 2 nitrogen and oxygen atoms in total. The van der Waals surface area contributed by atoms with Crippen LogP contribution in [0.25, 0.3) is 0 Å². The van der Waals surface area contributed by atoms with E-state index in [-0.39, 0.29) is 0 Å². The molecule has 0 aliphatic rings. The van der Waals surface area contributed by atoms with E-state index in [1.807, 2.05) is 6.20 Å². The lowest BCUT2D eigenvalue weighted by Gasteiger charge is -2.25. The molecule has 0 saturated carbocycles. The molecular formula is C21H33N2+. The molecule has 1 N–H and O–H groups in total. The molecule has 0 spiro atoms. The molecule has 2 rings (SSSR count). The van der Waals surface area contributed by atoms with Crippen LogP contribution >= 0.6 is 0 Å². The molecule has 1 heterocycles. The summed E-state index contributed by atoms with van der Waals surface area (Å²) < 4.78 is 2.40. The summed E-state index contributed by atoms with van der Waals surface area (Å²) in [6, 6.07) is 11.6.